The summed E-state index contributed by atoms with van der Waals surface area (Å²) in [4.78, 5) is 24.2. The zero-order valence-electron chi connectivity index (χ0n) is 19.2. The highest BCUT2D eigenvalue weighted by atomic mass is 16.5. The van der Waals surface area contributed by atoms with Gasteiger partial charge in [-0.1, -0.05) is 0 Å². The summed E-state index contributed by atoms with van der Waals surface area (Å²) in [6, 6.07) is 7.03. The van der Waals surface area contributed by atoms with Crippen molar-refractivity contribution in [3.05, 3.63) is 53.3 Å². The molecule has 3 aromatic rings. The molecule has 0 fully saturated rings. The van der Waals surface area contributed by atoms with E-state index in [0.717, 1.165) is 33.2 Å². The Kier molecular flexibility index (Phi) is 6.88. The van der Waals surface area contributed by atoms with E-state index in [0.29, 0.717) is 29.5 Å². The van der Waals surface area contributed by atoms with Gasteiger partial charge in [-0.25, -0.2) is 0 Å². The number of carbonyl (C=O) groups is 2. The molecule has 3 rings (SSSR count). The van der Waals surface area contributed by atoms with Crippen LogP contribution in [0.25, 0.3) is 16.5 Å². The molecule has 0 saturated heterocycles. The summed E-state index contributed by atoms with van der Waals surface area (Å²) < 4.78 is 16.9. The lowest BCUT2D eigenvalue weighted by atomic mass is 9.98. The average Bonchev–Trinajstić information content (AvgIpc) is 3.10. The van der Waals surface area contributed by atoms with Crippen molar-refractivity contribution in [2.75, 3.05) is 24.4 Å². The standard InChI is InChI=1S/C25H28N2O5/c1-7-31-24-16(4)25-20(15(3)13-32-25)12-19(24)14(2)10-23(29)27-21-11-18(26-17(5)28)8-9-22(21)30-6/h8-13H,7H2,1-6H3,(H,26,28)(H,27,29)/b14-10+. The Hall–Kier alpha value is -3.74. The van der Waals surface area contributed by atoms with Crippen LogP contribution in [-0.4, -0.2) is 25.5 Å². The Balaban J connectivity index is 1.96. The molecule has 168 valence electrons. The van der Waals surface area contributed by atoms with Crippen LogP contribution in [0.1, 0.15) is 37.5 Å². The lowest BCUT2D eigenvalue weighted by molar-refractivity contribution is -0.114. The first-order valence-electron chi connectivity index (χ1n) is 10.3. The first-order valence-corrected chi connectivity index (χ1v) is 10.3. The molecule has 0 radical (unpaired) electrons. The van der Waals surface area contributed by atoms with Crippen molar-refractivity contribution in [1.29, 1.82) is 0 Å². The maximum absolute atomic E-state index is 12.8. The number of rotatable bonds is 7. The van der Waals surface area contributed by atoms with Gasteiger partial charge in [-0.15, -0.1) is 0 Å². The second kappa shape index (κ2) is 9.60. The minimum Gasteiger partial charge on any atom is -0.495 e. The summed E-state index contributed by atoms with van der Waals surface area (Å²) >= 11 is 0. The first-order chi connectivity index (χ1) is 15.2. The summed E-state index contributed by atoms with van der Waals surface area (Å²) in [5.41, 5.74) is 5.28. The van der Waals surface area contributed by atoms with Crippen LogP contribution < -0.4 is 20.1 Å². The number of ether oxygens (including phenoxy) is 2. The zero-order valence-corrected chi connectivity index (χ0v) is 19.2. The van der Waals surface area contributed by atoms with Gasteiger partial charge in [0.1, 0.15) is 17.1 Å². The SMILES string of the molecule is CCOc1c(/C(C)=C/C(=O)Nc2cc(NC(C)=O)ccc2OC)cc2c(C)coc2c1C. The third-order valence-electron chi connectivity index (χ3n) is 5.08. The van der Waals surface area contributed by atoms with E-state index in [1.165, 1.54) is 20.1 Å². The highest BCUT2D eigenvalue weighted by Gasteiger charge is 2.17. The van der Waals surface area contributed by atoms with Gasteiger partial charge in [-0.2, -0.15) is 0 Å². The number of fused-ring (bicyclic) bond motifs is 1. The lowest BCUT2D eigenvalue weighted by Crippen LogP contribution is -2.11. The number of amides is 2. The molecule has 7 nitrogen and oxygen atoms in total. The van der Waals surface area contributed by atoms with Gasteiger partial charge < -0.3 is 24.5 Å². The van der Waals surface area contributed by atoms with Crippen LogP contribution in [0.4, 0.5) is 11.4 Å². The van der Waals surface area contributed by atoms with Crippen molar-refractivity contribution >= 4 is 39.7 Å². The summed E-state index contributed by atoms with van der Waals surface area (Å²) in [6.07, 6.45) is 3.24. The second-order valence-corrected chi connectivity index (χ2v) is 7.52. The summed E-state index contributed by atoms with van der Waals surface area (Å²) in [7, 11) is 1.52. The highest BCUT2D eigenvalue weighted by molar-refractivity contribution is 6.06. The fourth-order valence-electron chi connectivity index (χ4n) is 3.59. The third-order valence-corrected chi connectivity index (χ3v) is 5.08. The lowest BCUT2D eigenvalue weighted by Gasteiger charge is -2.15. The van der Waals surface area contributed by atoms with Crippen LogP contribution in [0.15, 0.2) is 41.0 Å². The van der Waals surface area contributed by atoms with Crippen LogP contribution in [-0.2, 0) is 9.59 Å². The summed E-state index contributed by atoms with van der Waals surface area (Å²) in [6.45, 7) is 9.63. The number of furan rings is 1. The van der Waals surface area contributed by atoms with E-state index in [9.17, 15) is 9.59 Å². The molecule has 1 heterocycles. The largest absolute Gasteiger partial charge is 0.495 e. The van der Waals surface area contributed by atoms with Gasteiger partial charge >= 0.3 is 0 Å². The molecule has 0 saturated carbocycles. The molecule has 2 amide bonds. The minimum absolute atomic E-state index is 0.202. The van der Waals surface area contributed by atoms with Gasteiger partial charge in [0.25, 0.3) is 0 Å². The average molecular weight is 437 g/mol. The Morgan fingerprint density at radius 2 is 1.88 bits per heavy atom. The van der Waals surface area contributed by atoms with Gasteiger partial charge in [0.15, 0.2) is 0 Å². The predicted octanol–water partition coefficient (Wildman–Crippen LogP) is 5.46. The summed E-state index contributed by atoms with van der Waals surface area (Å²) in [5.74, 6) is 0.651. The Bertz CT molecular complexity index is 1210. The number of carbonyl (C=O) groups excluding carboxylic acids is 2. The van der Waals surface area contributed by atoms with E-state index < -0.39 is 0 Å². The molecule has 0 aliphatic heterocycles. The fraction of sp³-hybridized carbons (Fsp3) is 0.280. The molecular weight excluding hydrogens is 408 g/mol. The van der Waals surface area contributed by atoms with Gasteiger partial charge in [-0.3, -0.25) is 9.59 Å². The van der Waals surface area contributed by atoms with Crippen molar-refractivity contribution in [2.45, 2.75) is 34.6 Å². The van der Waals surface area contributed by atoms with E-state index >= 15 is 0 Å². The van der Waals surface area contributed by atoms with E-state index in [4.69, 9.17) is 13.9 Å². The van der Waals surface area contributed by atoms with Crippen LogP contribution in [0, 0.1) is 13.8 Å². The smallest absolute Gasteiger partial charge is 0.248 e. The summed E-state index contributed by atoms with van der Waals surface area (Å²) in [5, 5.41) is 6.52. The monoisotopic (exact) mass is 436 g/mol. The number of hydrogen-bond acceptors (Lipinski definition) is 5. The van der Waals surface area contributed by atoms with Gasteiger partial charge in [0, 0.05) is 35.2 Å². The van der Waals surface area contributed by atoms with E-state index in [1.54, 1.807) is 24.5 Å². The molecule has 0 aliphatic rings. The third kappa shape index (κ3) is 4.77. The number of anilines is 2. The maximum Gasteiger partial charge on any atom is 0.248 e. The Morgan fingerprint density at radius 1 is 1.12 bits per heavy atom. The van der Waals surface area contributed by atoms with Crippen molar-refractivity contribution in [3.63, 3.8) is 0 Å². The van der Waals surface area contributed by atoms with Crippen molar-refractivity contribution in [2.24, 2.45) is 0 Å². The van der Waals surface area contributed by atoms with Crippen molar-refractivity contribution in [1.82, 2.24) is 0 Å². The van der Waals surface area contributed by atoms with Crippen molar-refractivity contribution in [3.8, 4) is 11.5 Å². The van der Waals surface area contributed by atoms with Crippen LogP contribution >= 0.6 is 0 Å². The quantitative estimate of drug-likeness (QED) is 0.480. The predicted molar refractivity (Wildman–Crippen MR) is 126 cm³/mol. The molecule has 7 heteroatoms. The van der Waals surface area contributed by atoms with E-state index in [-0.39, 0.29) is 11.8 Å². The molecule has 0 spiro atoms. The molecule has 0 bridgehead atoms. The number of aryl methyl sites for hydroxylation is 2. The Morgan fingerprint density at radius 3 is 2.53 bits per heavy atom. The molecule has 1 aromatic heterocycles. The number of allylic oxidation sites excluding steroid dienone is 1. The number of nitrogens with one attached hydrogen (secondary N) is 2. The first kappa shape index (κ1) is 22.9. The molecular formula is C25H28N2O5. The molecule has 2 aromatic carbocycles. The van der Waals surface area contributed by atoms with Crippen LogP contribution in [0.5, 0.6) is 11.5 Å². The number of methoxy groups -OCH3 is 1. The molecule has 32 heavy (non-hydrogen) atoms. The number of hydrogen-bond donors (Lipinski definition) is 2. The normalized spacial score (nSPS) is 11.4. The fourth-order valence-corrected chi connectivity index (χ4v) is 3.59. The van der Waals surface area contributed by atoms with Crippen LogP contribution in [0.2, 0.25) is 0 Å². The van der Waals surface area contributed by atoms with E-state index in [2.05, 4.69) is 10.6 Å². The molecule has 0 atom stereocenters. The van der Waals surface area contributed by atoms with Crippen LogP contribution in [0.3, 0.4) is 0 Å². The zero-order chi connectivity index (χ0) is 23.4. The number of benzene rings is 2. The van der Waals surface area contributed by atoms with Crippen molar-refractivity contribution < 1.29 is 23.5 Å². The Labute approximate surface area is 187 Å². The molecule has 2 N–H and O–H groups in total. The maximum atomic E-state index is 12.8. The van der Waals surface area contributed by atoms with Gasteiger partial charge in [0.2, 0.25) is 11.8 Å². The highest BCUT2D eigenvalue weighted by Crippen LogP contribution is 2.37. The van der Waals surface area contributed by atoms with E-state index in [1.807, 2.05) is 33.8 Å². The van der Waals surface area contributed by atoms with Gasteiger partial charge in [0.05, 0.1) is 25.7 Å². The topological polar surface area (TPSA) is 89.8 Å². The molecule has 0 unspecified atom stereocenters. The second-order valence-electron chi connectivity index (χ2n) is 7.52. The molecule has 0 aliphatic carbocycles. The van der Waals surface area contributed by atoms with Gasteiger partial charge in [-0.05, 0) is 63.1 Å². The minimum atomic E-state index is -0.329.